The van der Waals surface area contributed by atoms with Gasteiger partial charge in [0, 0.05) is 4.90 Å². The minimum Gasteiger partial charge on any atom is -0.497 e. The number of hydrogen-bond donors (Lipinski definition) is 1. The summed E-state index contributed by atoms with van der Waals surface area (Å²) < 4.78 is 5.11. The lowest BCUT2D eigenvalue weighted by atomic mass is 10.3. The van der Waals surface area contributed by atoms with Crippen molar-refractivity contribution >= 4 is 11.8 Å². The Bertz CT molecular complexity index is 261. The van der Waals surface area contributed by atoms with Crippen LogP contribution in [0.1, 0.15) is 12.8 Å². The van der Waals surface area contributed by atoms with E-state index in [0.717, 1.165) is 12.3 Å². The standard InChI is InChI=1S/C12H19NOS/c1-13-9-3-4-10-15-12-7-5-11(14-2)6-8-12/h5-8,13H,3-4,9-10H2,1-2H3. The minimum absolute atomic E-state index is 0.925. The van der Waals surface area contributed by atoms with Gasteiger partial charge in [-0.05, 0) is 56.5 Å². The SMILES string of the molecule is CNCCCCSc1ccc(OC)cc1. The number of ether oxygens (including phenoxy) is 1. The predicted molar refractivity (Wildman–Crippen MR) is 66.9 cm³/mol. The van der Waals surface area contributed by atoms with Crippen molar-refractivity contribution in [3.05, 3.63) is 24.3 Å². The highest BCUT2D eigenvalue weighted by Gasteiger charge is 1.95. The van der Waals surface area contributed by atoms with Crippen LogP contribution in [0, 0.1) is 0 Å². The Morgan fingerprint density at radius 1 is 1.20 bits per heavy atom. The van der Waals surface area contributed by atoms with Crippen LogP contribution in [0.3, 0.4) is 0 Å². The first-order valence-electron chi connectivity index (χ1n) is 5.28. The topological polar surface area (TPSA) is 21.3 Å². The van der Waals surface area contributed by atoms with Gasteiger partial charge in [-0.1, -0.05) is 0 Å². The lowest BCUT2D eigenvalue weighted by molar-refractivity contribution is 0.414. The first-order valence-corrected chi connectivity index (χ1v) is 6.27. The molecule has 0 fully saturated rings. The van der Waals surface area contributed by atoms with Crippen molar-refractivity contribution in [3.63, 3.8) is 0 Å². The van der Waals surface area contributed by atoms with Gasteiger partial charge in [0.05, 0.1) is 7.11 Å². The Morgan fingerprint density at radius 2 is 1.93 bits per heavy atom. The van der Waals surface area contributed by atoms with Gasteiger partial charge in [0.25, 0.3) is 0 Å². The zero-order valence-electron chi connectivity index (χ0n) is 9.45. The molecule has 0 bridgehead atoms. The van der Waals surface area contributed by atoms with Crippen molar-refractivity contribution in [1.29, 1.82) is 0 Å². The van der Waals surface area contributed by atoms with Gasteiger partial charge >= 0.3 is 0 Å². The van der Waals surface area contributed by atoms with Crippen LogP contribution in [0.2, 0.25) is 0 Å². The smallest absolute Gasteiger partial charge is 0.118 e. The normalized spacial score (nSPS) is 10.3. The summed E-state index contributed by atoms with van der Waals surface area (Å²) in [4.78, 5) is 1.32. The number of rotatable bonds is 7. The molecule has 3 heteroatoms. The van der Waals surface area contributed by atoms with Gasteiger partial charge in [-0.3, -0.25) is 0 Å². The molecule has 0 spiro atoms. The van der Waals surface area contributed by atoms with Gasteiger partial charge in [0.15, 0.2) is 0 Å². The molecule has 0 saturated carbocycles. The number of unbranched alkanes of at least 4 members (excludes halogenated alkanes) is 1. The summed E-state index contributed by atoms with van der Waals surface area (Å²) in [6.07, 6.45) is 2.51. The number of nitrogens with one attached hydrogen (secondary N) is 1. The molecule has 0 radical (unpaired) electrons. The third kappa shape index (κ3) is 5.09. The average Bonchev–Trinajstić information content (AvgIpc) is 2.30. The van der Waals surface area contributed by atoms with Gasteiger partial charge in [-0.15, -0.1) is 11.8 Å². The minimum atomic E-state index is 0.925. The third-order valence-electron chi connectivity index (χ3n) is 2.15. The summed E-state index contributed by atoms with van der Waals surface area (Å²) in [6.45, 7) is 1.11. The fraction of sp³-hybridized carbons (Fsp3) is 0.500. The molecule has 0 amide bonds. The van der Waals surface area contributed by atoms with Crippen LogP contribution >= 0.6 is 11.8 Å². The van der Waals surface area contributed by atoms with Crippen LogP contribution in [-0.4, -0.2) is 26.5 Å². The molecule has 0 aliphatic heterocycles. The predicted octanol–water partition coefficient (Wildman–Crippen LogP) is 2.79. The molecule has 1 rings (SSSR count). The van der Waals surface area contributed by atoms with Crippen molar-refractivity contribution in [1.82, 2.24) is 5.32 Å². The van der Waals surface area contributed by atoms with E-state index in [9.17, 15) is 0 Å². The second-order valence-electron chi connectivity index (χ2n) is 3.33. The molecule has 0 aliphatic rings. The molecule has 2 nitrogen and oxygen atoms in total. The monoisotopic (exact) mass is 225 g/mol. The number of benzene rings is 1. The maximum Gasteiger partial charge on any atom is 0.118 e. The van der Waals surface area contributed by atoms with Crippen molar-refractivity contribution in [2.75, 3.05) is 26.5 Å². The zero-order chi connectivity index (χ0) is 10.9. The van der Waals surface area contributed by atoms with Gasteiger partial charge < -0.3 is 10.1 Å². The van der Waals surface area contributed by atoms with E-state index in [2.05, 4.69) is 17.4 Å². The van der Waals surface area contributed by atoms with Crippen molar-refractivity contribution in [3.8, 4) is 5.75 Å². The van der Waals surface area contributed by atoms with Crippen LogP contribution in [-0.2, 0) is 0 Å². The summed E-state index contributed by atoms with van der Waals surface area (Å²) in [6, 6.07) is 8.25. The first kappa shape index (κ1) is 12.4. The van der Waals surface area contributed by atoms with E-state index in [1.54, 1.807) is 7.11 Å². The Hall–Kier alpha value is -0.670. The summed E-state index contributed by atoms with van der Waals surface area (Å²) >= 11 is 1.91. The van der Waals surface area contributed by atoms with Gasteiger partial charge in [-0.2, -0.15) is 0 Å². The quantitative estimate of drug-likeness (QED) is 0.569. The maximum absolute atomic E-state index is 5.11. The number of hydrogen-bond acceptors (Lipinski definition) is 3. The van der Waals surface area contributed by atoms with E-state index >= 15 is 0 Å². The molecule has 0 atom stereocenters. The van der Waals surface area contributed by atoms with E-state index < -0.39 is 0 Å². The highest BCUT2D eigenvalue weighted by atomic mass is 32.2. The molecule has 0 aliphatic carbocycles. The highest BCUT2D eigenvalue weighted by molar-refractivity contribution is 7.99. The number of thioether (sulfide) groups is 1. The molecule has 15 heavy (non-hydrogen) atoms. The van der Waals surface area contributed by atoms with Crippen LogP contribution in [0.5, 0.6) is 5.75 Å². The van der Waals surface area contributed by atoms with Crippen molar-refractivity contribution in [2.24, 2.45) is 0 Å². The molecule has 84 valence electrons. The fourth-order valence-corrected chi connectivity index (χ4v) is 2.18. The molecular weight excluding hydrogens is 206 g/mol. The average molecular weight is 225 g/mol. The first-order chi connectivity index (χ1) is 7.36. The Balaban J connectivity index is 2.20. The summed E-state index contributed by atoms with van der Waals surface area (Å²) in [5, 5.41) is 3.16. The molecule has 0 heterocycles. The molecule has 1 aromatic carbocycles. The second kappa shape index (κ2) is 7.60. The maximum atomic E-state index is 5.11. The van der Waals surface area contributed by atoms with Crippen LogP contribution < -0.4 is 10.1 Å². The zero-order valence-corrected chi connectivity index (χ0v) is 10.3. The van der Waals surface area contributed by atoms with Crippen molar-refractivity contribution in [2.45, 2.75) is 17.7 Å². The van der Waals surface area contributed by atoms with Crippen molar-refractivity contribution < 1.29 is 4.74 Å². The summed E-state index contributed by atoms with van der Waals surface area (Å²) in [5.74, 6) is 2.11. The lowest BCUT2D eigenvalue weighted by Gasteiger charge is -2.03. The largest absolute Gasteiger partial charge is 0.497 e. The van der Waals surface area contributed by atoms with Crippen LogP contribution in [0.25, 0.3) is 0 Å². The van der Waals surface area contributed by atoms with E-state index in [0.29, 0.717) is 0 Å². The summed E-state index contributed by atoms with van der Waals surface area (Å²) in [5.41, 5.74) is 0. The van der Waals surface area contributed by atoms with Gasteiger partial charge in [0.2, 0.25) is 0 Å². The molecule has 0 aromatic heterocycles. The van der Waals surface area contributed by atoms with Crippen LogP contribution in [0.15, 0.2) is 29.2 Å². The fourth-order valence-electron chi connectivity index (χ4n) is 1.27. The molecule has 1 aromatic rings. The Morgan fingerprint density at radius 3 is 2.53 bits per heavy atom. The molecule has 0 unspecified atom stereocenters. The second-order valence-corrected chi connectivity index (χ2v) is 4.50. The lowest BCUT2D eigenvalue weighted by Crippen LogP contribution is -2.07. The van der Waals surface area contributed by atoms with Crippen LogP contribution in [0.4, 0.5) is 0 Å². The Kier molecular flexibility index (Phi) is 6.28. The molecular formula is C12H19NOS. The van der Waals surface area contributed by atoms with E-state index in [4.69, 9.17) is 4.74 Å². The highest BCUT2D eigenvalue weighted by Crippen LogP contribution is 2.21. The van der Waals surface area contributed by atoms with E-state index in [1.165, 1.54) is 23.5 Å². The van der Waals surface area contributed by atoms with Gasteiger partial charge in [-0.25, -0.2) is 0 Å². The van der Waals surface area contributed by atoms with E-state index in [1.807, 2.05) is 30.9 Å². The third-order valence-corrected chi connectivity index (χ3v) is 3.25. The summed E-state index contributed by atoms with van der Waals surface area (Å²) in [7, 11) is 3.69. The molecule has 1 N–H and O–H groups in total. The van der Waals surface area contributed by atoms with E-state index in [-0.39, 0.29) is 0 Å². The molecule has 0 saturated heterocycles. The Labute approximate surface area is 96.4 Å². The number of methoxy groups -OCH3 is 1. The van der Waals surface area contributed by atoms with Gasteiger partial charge in [0.1, 0.15) is 5.75 Å².